The Kier molecular flexibility index (Phi) is 12.2. The van der Waals surface area contributed by atoms with E-state index in [1.807, 2.05) is 13.8 Å². The molecule has 2 nitrogen and oxygen atoms in total. The molecule has 1 N–H and O–H groups in total. The lowest BCUT2D eigenvalue weighted by Gasteiger charge is -2.07. The molecule has 0 fully saturated rings. The summed E-state index contributed by atoms with van der Waals surface area (Å²) in [5.41, 5.74) is 0. The second-order valence-corrected chi connectivity index (χ2v) is 6.46. The largest absolute Gasteiger partial charge is 0.356 e. The van der Waals surface area contributed by atoms with Crippen molar-refractivity contribution < 1.29 is 4.79 Å². The summed E-state index contributed by atoms with van der Waals surface area (Å²) >= 11 is 0. The zero-order valence-corrected chi connectivity index (χ0v) is 13.6. The van der Waals surface area contributed by atoms with Gasteiger partial charge in [0, 0.05) is 12.5 Å². The fourth-order valence-electron chi connectivity index (χ4n) is 2.15. The first-order valence-electron chi connectivity index (χ1n) is 8.31. The fraction of sp³-hybridized carbons (Fsp3) is 0.941. The molecular formula is C17H35NO. The van der Waals surface area contributed by atoms with Crippen molar-refractivity contribution in [2.75, 3.05) is 6.54 Å². The summed E-state index contributed by atoms with van der Waals surface area (Å²) in [6.45, 7) is 9.34. The molecule has 0 aromatic rings. The number of carbonyl (C=O) groups excluding carboxylic acids is 1. The van der Waals surface area contributed by atoms with Gasteiger partial charge in [0.15, 0.2) is 0 Å². The summed E-state index contributed by atoms with van der Waals surface area (Å²) in [5, 5.41) is 2.97. The Morgan fingerprint density at radius 1 is 0.789 bits per heavy atom. The van der Waals surface area contributed by atoms with Crippen LogP contribution in [0.5, 0.6) is 0 Å². The Balaban J connectivity index is 3.09. The van der Waals surface area contributed by atoms with Crippen molar-refractivity contribution in [1.82, 2.24) is 5.32 Å². The smallest absolute Gasteiger partial charge is 0.222 e. The summed E-state index contributed by atoms with van der Waals surface area (Å²) < 4.78 is 0. The highest BCUT2D eigenvalue weighted by Crippen LogP contribution is 2.12. The van der Waals surface area contributed by atoms with Gasteiger partial charge in [0.1, 0.15) is 0 Å². The number of hydrogen-bond donors (Lipinski definition) is 1. The van der Waals surface area contributed by atoms with E-state index in [1.54, 1.807) is 0 Å². The van der Waals surface area contributed by atoms with E-state index < -0.39 is 0 Å². The standard InChI is InChI=1S/C17H35NO/c1-15(2)13-11-9-7-5-6-8-10-12-14-18-17(19)16(3)4/h15-16H,5-14H2,1-4H3,(H,18,19). The summed E-state index contributed by atoms with van der Waals surface area (Å²) in [5.74, 6) is 1.16. The van der Waals surface area contributed by atoms with Gasteiger partial charge in [-0.1, -0.05) is 79.1 Å². The SMILES string of the molecule is CC(C)CCCCCCCCCCNC(=O)C(C)C. The molecular weight excluding hydrogens is 234 g/mol. The van der Waals surface area contributed by atoms with E-state index in [2.05, 4.69) is 19.2 Å². The third-order valence-electron chi connectivity index (χ3n) is 3.53. The highest BCUT2D eigenvalue weighted by Gasteiger charge is 2.04. The molecule has 0 saturated carbocycles. The third kappa shape index (κ3) is 13.7. The van der Waals surface area contributed by atoms with Crippen LogP contribution in [-0.2, 0) is 4.79 Å². The molecule has 2 heteroatoms. The summed E-state index contributed by atoms with van der Waals surface area (Å²) in [4.78, 5) is 11.3. The van der Waals surface area contributed by atoms with Gasteiger partial charge in [0.2, 0.25) is 5.91 Å². The predicted molar refractivity (Wildman–Crippen MR) is 84.2 cm³/mol. The number of rotatable bonds is 12. The van der Waals surface area contributed by atoms with Gasteiger partial charge in [-0.3, -0.25) is 4.79 Å². The van der Waals surface area contributed by atoms with Crippen LogP contribution >= 0.6 is 0 Å². The molecule has 0 saturated heterocycles. The van der Waals surface area contributed by atoms with E-state index in [4.69, 9.17) is 0 Å². The minimum atomic E-state index is 0.117. The van der Waals surface area contributed by atoms with Gasteiger partial charge in [0.25, 0.3) is 0 Å². The average molecular weight is 269 g/mol. The highest BCUT2D eigenvalue weighted by molar-refractivity contribution is 5.77. The van der Waals surface area contributed by atoms with Crippen molar-refractivity contribution in [1.29, 1.82) is 0 Å². The second-order valence-electron chi connectivity index (χ2n) is 6.46. The maximum Gasteiger partial charge on any atom is 0.222 e. The molecule has 0 aliphatic rings. The first-order chi connectivity index (χ1) is 9.04. The van der Waals surface area contributed by atoms with Crippen LogP contribution in [0.4, 0.5) is 0 Å². The van der Waals surface area contributed by atoms with Gasteiger partial charge < -0.3 is 5.32 Å². The van der Waals surface area contributed by atoms with Gasteiger partial charge in [-0.05, 0) is 12.3 Å². The molecule has 0 aliphatic carbocycles. The number of amides is 1. The number of unbranched alkanes of at least 4 members (excludes halogenated alkanes) is 7. The van der Waals surface area contributed by atoms with Crippen LogP contribution in [0, 0.1) is 11.8 Å². The highest BCUT2D eigenvalue weighted by atomic mass is 16.1. The molecule has 0 atom stereocenters. The zero-order chi connectivity index (χ0) is 14.5. The van der Waals surface area contributed by atoms with Gasteiger partial charge in [-0.25, -0.2) is 0 Å². The van der Waals surface area contributed by atoms with E-state index in [0.29, 0.717) is 0 Å². The third-order valence-corrected chi connectivity index (χ3v) is 3.53. The monoisotopic (exact) mass is 269 g/mol. The Labute approximate surface area is 120 Å². The molecule has 0 aliphatic heterocycles. The van der Waals surface area contributed by atoms with Crippen molar-refractivity contribution in [3.05, 3.63) is 0 Å². The van der Waals surface area contributed by atoms with E-state index in [-0.39, 0.29) is 11.8 Å². The van der Waals surface area contributed by atoms with Crippen LogP contribution in [0.1, 0.15) is 85.5 Å². The van der Waals surface area contributed by atoms with Crippen LogP contribution in [0.2, 0.25) is 0 Å². The topological polar surface area (TPSA) is 29.1 Å². The van der Waals surface area contributed by atoms with Crippen LogP contribution in [-0.4, -0.2) is 12.5 Å². The molecule has 1 amide bonds. The Morgan fingerprint density at radius 2 is 1.26 bits per heavy atom. The van der Waals surface area contributed by atoms with E-state index in [9.17, 15) is 4.79 Å². The molecule has 0 bridgehead atoms. The number of nitrogens with one attached hydrogen (secondary N) is 1. The summed E-state index contributed by atoms with van der Waals surface area (Å²) in [6, 6.07) is 0. The lowest BCUT2D eigenvalue weighted by atomic mass is 10.0. The van der Waals surface area contributed by atoms with E-state index in [1.165, 1.54) is 51.4 Å². The molecule has 0 radical (unpaired) electrons. The van der Waals surface area contributed by atoms with Crippen molar-refractivity contribution in [3.8, 4) is 0 Å². The second kappa shape index (κ2) is 12.5. The van der Waals surface area contributed by atoms with Crippen molar-refractivity contribution in [2.24, 2.45) is 11.8 Å². The summed E-state index contributed by atoms with van der Waals surface area (Å²) in [6.07, 6.45) is 12.0. The maximum absolute atomic E-state index is 11.3. The Bertz CT molecular complexity index is 211. The first-order valence-corrected chi connectivity index (χ1v) is 8.31. The number of carbonyl (C=O) groups is 1. The van der Waals surface area contributed by atoms with Gasteiger partial charge in [-0.2, -0.15) is 0 Å². The quantitative estimate of drug-likeness (QED) is 0.500. The van der Waals surface area contributed by atoms with Crippen LogP contribution in [0.3, 0.4) is 0 Å². The fourth-order valence-corrected chi connectivity index (χ4v) is 2.15. The Morgan fingerprint density at radius 3 is 1.74 bits per heavy atom. The molecule has 114 valence electrons. The molecule has 0 heterocycles. The molecule has 0 aromatic heterocycles. The van der Waals surface area contributed by atoms with Gasteiger partial charge in [-0.15, -0.1) is 0 Å². The molecule has 0 spiro atoms. The lowest BCUT2D eigenvalue weighted by molar-refractivity contribution is -0.123. The van der Waals surface area contributed by atoms with E-state index >= 15 is 0 Å². The Hall–Kier alpha value is -0.530. The first kappa shape index (κ1) is 18.5. The van der Waals surface area contributed by atoms with Crippen molar-refractivity contribution in [2.45, 2.75) is 85.5 Å². The van der Waals surface area contributed by atoms with E-state index in [0.717, 1.165) is 18.9 Å². The van der Waals surface area contributed by atoms with Crippen molar-refractivity contribution >= 4 is 5.91 Å². The maximum atomic E-state index is 11.3. The minimum Gasteiger partial charge on any atom is -0.356 e. The van der Waals surface area contributed by atoms with Crippen LogP contribution in [0.25, 0.3) is 0 Å². The number of hydrogen-bond acceptors (Lipinski definition) is 1. The minimum absolute atomic E-state index is 0.117. The van der Waals surface area contributed by atoms with Gasteiger partial charge in [0.05, 0.1) is 0 Å². The zero-order valence-electron chi connectivity index (χ0n) is 13.6. The molecule has 0 aromatic carbocycles. The van der Waals surface area contributed by atoms with Gasteiger partial charge >= 0.3 is 0 Å². The van der Waals surface area contributed by atoms with Crippen molar-refractivity contribution in [3.63, 3.8) is 0 Å². The molecule has 0 unspecified atom stereocenters. The lowest BCUT2D eigenvalue weighted by Crippen LogP contribution is -2.28. The average Bonchev–Trinajstić information content (AvgIpc) is 2.35. The molecule has 19 heavy (non-hydrogen) atoms. The predicted octanol–water partition coefficient (Wildman–Crippen LogP) is 4.93. The van der Waals surface area contributed by atoms with Crippen LogP contribution in [0.15, 0.2) is 0 Å². The van der Waals surface area contributed by atoms with Crippen LogP contribution < -0.4 is 5.32 Å². The summed E-state index contributed by atoms with van der Waals surface area (Å²) in [7, 11) is 0. The molecule has 0 rings (SSSR count). The normalized spacial score (nSPS) is 11.3.